The molecule has 0 aliphatic rings. The van der Waals surface area contributed by atoms with Gasteiger partial charge in [0.15, 0.2) is 0 Å². The maximum absolute atomic E-state index is 3.60. The third-order valence-electron chi connectivity index (χ3n) is 0.354. The van der Waals surface area contributed by atoms with Gasteiger partial charge in [0.1, 0.15) is 0 Å². The summed E-state index contributed by atoms with van der Waals surface area (Å²) in [5, 5.41) is 0. The van der Waals surface area contributed by atoms with Gasteiger partial charge >= 0.3 is 0 Å². The maximum Gasteiger partial charge on any atom is 0 e. The third-order valence-corrected chi connectivity index (χ3v) is 0.354. The first kappa shape index (κ1) is 9.22. The van der Waals surface area contributed by atoms with Gasteiger partial charge in [0.25, 0.3) is 0 Å². The van der Waals surface area contributed by atoms with Crippen LogP contribution in [0.1, 0.15) is 19.8 Å². The first-order valence-electron chi connectivity index (χ1n) is 1.71. The largest absolute Gasteiger partial charge is 0.0654 e. The van der Waals surface area contributed by atoms with Gasteiger partial charge in [-0.2, -0.15) is 0 Å². The van der Waals surface area contributed by atoms with Crippen molar-refractivity contribution in [3.05, 3.63) is 6.92 Å². The topological polar surface area (TPSA) is 0 Å². The van der Waals surface area contributed by atoms with Gasteiger partial charge in [0.2, 0.25) is 0 Å². The Kier molecular flexibility index (Phi) is 16.3. The van der Waals surface area contributed by atoms with Gasteiger partial charge in [0, 0.05) is 22.4 Å². The molecule has 2 radical (unpaired) electrons. The van der Waals surface area contributed by atoms with Crippen LogP contribution in [-0.2, 0) is 22.4 Å². The van der Waals surface area contributed by atoms with E-state index >= 15 is 0 Å². The van der Waals surface area contributed by atoms with Crippen molar-refractivity contribution in [3.8, 4) is 0 Å². The summed E-state index contributed by atoms with van der Waals surface area (Å²) in [5.41, 5.74) is 0. The molecule has 5 heavy (non-hydrogen) atoms. The molecule has 1 heteroatoms. The summed E-state index contributed by atoms with van der Waals surface area (Å²) in [4.78, 5) is 0. The van der Waals surface area contributed by atoms with Crippen molar-refractivity contribution < 1.29 is 22.4 Å². The van der Waals surface area contributed by atoms with E-state index in [1.165, 1.54) is 6.42 Å². The number of hydrogen-bond acceptors (Lipinski definition) is 0. The fourth-order valence-electron chi connectivity index (χ4n) is 0. The zero-order valence-corrected chi connectivity index (χ0v) is 5.77. The van der Waals surface area contributed by atoms with E-state index in [0.29, 0.717) is 0 Å². The quantitative estimate of drug-likeness (QED) is 0.498. The second-order valence-electron chi connectivity index (χ2n) is 0.854. The van der Waals surface area contributed by atoms with Crippen molar-refractivity contribution in [3.63, 3.8) is 0 Å². The molecule has 0 unspecified atom stereocenters. The molecule has 0 aliphatic carbocycles. The Morgan fingerprint density at radius 3 is 1.80 bits per heavy atom. The second-order valence-corrected chi connectivity index (χ2v) is 0.854. The first-order chi connectivity index (χ1) is 1.91. The molecule has 0 aromatic carbocycles. The summed E-state index contributed by atoms with van der Waals surface area (Å²) in [6, 6.07) is 0. The van der Waals surface area contributed by atoms with Crippen molar-refractivity contribution in [2.75, 3.05) is 0 Å². The molecule has 0 nitrogen and oxygen atoms in total. The molecule has 0 N–H and O–H groups in total. The summed E-state index contributed by atoms with van der Waals surface area (Å²) < 4.78 is 0. The molecule has 0 saturated heterocycles. The third kappa shape index (κ3) is 11.8. The van der Waals surface area contributed by atoms with Crippen LogP contribution in [0, 0.1) is 6.92 Å². The van der Waals surface area contributed by atoms with Crippen LogP contribution in [0.4, 0.5) is 0 Å². The minimum atomic E-state index is 0. The molecule has 0 amide bonds. The van der Waals surface area contributed by atoms with E-state index in [2.05, 4.69) is 13.8 Å². The first-order valence-corrected chi connectivity index (χ1v) is 1.71. The second kappa shape index (κ2) is 8.83. The van der Waals surface area contributed by atoms with E-state index in [0.717, 1.165) is 6.42 Å². The Morgan fingerprint density at radius 2 is 1.80 bits per heavy atom. The van der Waals surface area contributed by atoms with Crippen LogP contribution in [0.15, 0.2) is 0 Å². The van der Waals surface area contributed by atoms with E-state index in [1.807, 2.05) is 0 Å². The molecular weight excluding hydrogens is 141 g/mol. The van der Waals surface area contributed by atoms with Crippen LogP contribution in [0.25, 0.3) is 0 Å². The van der Waals surface area contributed by atoms with E-state index in [9.17, 15) is 0 Å². The summed E-state index contributed by atoms with van der Waals surface area (Å²) >= 11 is 0. The van der Waals surface area contributed by atoms with Gasteiger partial charge in [-0.15, -0.1) is 0 Å². The zero-order chi connectivity index (χ0) is 3.41. The number of unbranched alkanes of at least 4 members (excludes halogenated alkanes) is 1. The van der Waals surface area contributed by atoms with E-state index in [1.54, 1.807) is 0 Å². The Morgan fingerprint density at radius 1 is 1.60 bits per heavy atom. The molecule has 0 aromatic rings. The summed E-state index contributed by atoms with van der Waals surface area (Å²) in [7, 11) is 0. The van der Waals surface area contributed by atoms with Crippen LogP contribution in [0.3, 0.4) is 0 Å². The normalized spacial score (nSPS) is 6.00. The molecule has 0 rings (SSSR count). The monoisotopic (exact) mass is 150 g/mol. The van der Waals surface area contributed by atoms with Crippen molar-refractivity contribution in [2.24, 2.45) is 0 Å². The van der Waals surface area contributed by atoms with Crippen LogP contribution < -0.4 is 0 Å². The van der Waals surface area contributed by atoms with Crippen LogP contribution in [-0.4, -0.2) is 0 Å². The summed E-state index contributed by atoms with van der Waals surface area (Å²) in [6.07, 6.45) is 2.28. The number of hydrogen-bond donors (Lipinski definition) is 0. The Bertz CT molecular complexity index is 5.61. The van der Waals surface area contributed by atoms with Gasteiger partial charge < -0.3 is 0 Å². The van der Waals surface area contributed by atoms with Gasteiger partial charge in [0.05, 0.1) is 0 Å². The standard InChI is InChI=1S/C4H9.Nb/c1-3-4-2;/h1,3-4H2,2H3;. The van der Waals surface area contributed by atoms with Crippen molar-refractivity contribution in [1.29, 1.82) is 0 Å². The molecule has 0 spiro atoms. The predicted octanol–water partition coefficient (Wildman–Crippen LogP) is 1.62. The van der Waals surface area contributed by atoms with E-state index in [-0.39, 0.29) is 22.4 Å². The van der Waals surface area contributed by atoms with Gasteiger partial charge in [-0.05, 0) is 0 Å². The fraction of sp³-hybridized carbons (Fsp3) is 0.750. The maximum atomic E-state index is 3.60. The van der Waals surface area contributed by atoms with Crippen molar-refractivity contribution in [2.45, 2.75) is 19.8 Å². The van der Waals surface area contributed by atoms with Crippen molar-refractivity contribution >= 4 is 0 Å². The van der Waals surface area contributed by atoms with Gasteiger partial charge in [-0.3, -0.25) is 0 Å². The van der Waals surface area contributed by atoms with Gasteiger partial charge in [-0.1, -0.05) is 26.7 Å². The van der Waals surface area contributed by atoms with E-state index < -0.39 is 0 Å². The smallest absolute Gasteiger partial charge is 0 e. The summed E-state index contributed by atoms with van der Waals surface area (Å²) in [6.45, 7) is 5.72. The van der Waals surface area contributed by atoms with Crippen LogP contribution in [0.5, 0.6) is 0 Å². The van der Waals surface area contributed by atoms with Crippen molar-refractivity contribution in [1.82, 2.24) is 0 Å². The molecule has 0 saturated carbocycles. The summed E-state index contributed by atoms with van der Waals surface area (Å²) in [5.74, 6) is 0. The molecule has 30 valence electrons. The SMILES string of the molecule is [CH2]CCC.[Nb]. The molecule has 0 atom stereocenters. The predicted molar refractivity (Wildman–Crippen MR) is 20.3 cm³/mol. The molecule has 0 heterocycles. The Balaban J connectivity index is 0. The zero-order valence-electron chi connectivity index (χ0n) is 3.57. The molecule has 0 fully saturated rings. The fourth-order valence-corrected chi connectivity index (χ4v) is 0. The average Bonchev–Trinajstić information content (AvgIpc) is 1.37. The van der Waals surface area contributed by atoms with Gasteiger partial charge in [-0.25, -0.2) is 0 Å². The van der Waals surface area contributed by atoms with Crippen LogP contribution in [0.2, 0.25) is 0 Å². The Hall–Kier alpha value is 0.740. The molecule has 0 bridgehead atoms. The minimum absolute atomic E-state index is 0. The van der Waals surface area contributed by atoms with E-state index in [4.69, 9.17) is 0 Å². The molecular formula is C4H9Nb. The molecule has 0 aromatic heterocycles. The molecule has 0 aliphatic heterocycles. The Labute approximate surface area is 49.5 Å². The van der Waals surface area contributed by atoms with Crippen LogP contribution >= 0.6 is 0 Å². The minimum Gasteiger partial charge on any atom is -0.0654 e. The average molecular weight is 150 g/mol. The number of rotatable bonds is 1.